The molecule has 15 heteroatoms. The van der Waals surface area contributed by atoms with Gasteiger partial charge in [-0.1, -0.05) is 0 Å². The van der Waals surface area contributed by atoms with Crippen LogP contribution < -0.4 is 123 Å². The molecule has 4 unspecified atom stereocenters. The molecule has 0 amide bonds. The monoisotopic (exact) mass is 583 g/mol. The maximum absolute atomic E-state index is 9.63. The van der Waals surface area contributed by atoms with E-state index in [0.717, 1.165) is 0 Å². The van der Waals surface area contributed by atoms with E-state index in [-0.39, 0.29) is 129 Å². The molecule has 4 N–H and O–H groups in total. The summed E-state index contributed by atoms with van der Waals surface area (Å²) in [5.41, 5.74) is 0. The minimum absolute atomic E-state index is 0. The van der Waals surface area contributed by atoms with Crippen LogP contribution in [0, 0.1) is 0 Å². The van der Waals surface area contributed by atoms with E-state index in [1.165, 1.54) is 0 Å². The minimum Gasteiger partial charge on any atom is -0.547 e. The normalized spacial score (nSPS) is 13.7. The Bertz CT molecular complexity index is 319. The average molecular weight is 583 g/mol. The Labute approximate surface area is 232 Å². The molecule has 0 fully saturated rings. The molecule has 0 aliphatic rings. The van der Waals surface area contributed by atoms with Crippen LogP contribution in [0.5, 0.6) is 0 Å². The molecule has 0 aliphatic heterocycles. The summed E-state index contributed by atoms with van der Waals surface area (Å²) in [7, 11) is 0. The van der Waals surface area contributed by atoms with Crippen molar-refractivity contribution in [2.45, 2.75) is 24.4 Å². The van der Waals surface area contributed by atoms with Crippen molar-refractivity contribution >= 4 is 50.1 Å². The Kier molecular flexibility index (Phi) is 29.1. The van der Waals surface area contributed by atoms with Gasteiger partial charge >= 0.3 is 129 Å². The van der Waals surface area contributed by atoms with Gasteiger partial charge < -0.3 is 60.0 Å². The Morgan fingerprint density at radius 2 is 0.609 bits per heavy atom. The summed E-state index contributed by atoms with van der Waals surface area (Å²) < 4.78 is 0. The first-order chi connectivity index (χ1) is 8.93. The fraction of sp³-hybridized carbons (Fsp3) is 0.500. The van der Waals surface area contributed by atoms with Crippen LogP contribution in [-0.2, 0) is 19.2 Å². The molecular weight excluding hydrogens is 575 g/mol. The van der Waals surface area contributed by atoms with Crippen LogP contribution in [0.4, 0.5) is 0 Å². The van der Waals surface area contributed by atoms with Crippen molar-refractivity contribution in [3.8, 4) is 0 Å². The van der Waals surface area contributed by atoms with Crippen LogP contribution in [0.3, 0.4) is 0 Å². The molecule has 0 aliphatic carbocycles. The van der Waals surface area contributed by atoms with E-state index in [0.29, 0.717) is 0 Å². The van der Waals surface area contributed by atoms with E-state index in [1.807, 2.05) is 0 Å². The zero-order chi connectivity index (χ0) is 16.6. The zero-order valence-electron chi connectivity index (χ0n) is 11.8. The maximum Gasteiger partial charge on any atom is 3.00 e. The quantitative estimate of drug-likeness (QED) is 0.213. The van der Waals surface area contributed by atoms with E-state index in [4.69, 9.17) is 20.4 Å². The predicted molar refractivity (Wildman–Crippen MR) is 49.8 cm³/mol. The van der Waals surface area contributed by atoms with E-state index in [1.54, 1.807) is 0 Å². The van der Waals surface area contributed by atoms with Gasteiger partial charge in [0.25, 0.3) is 0 Å². The zero-order valence-corrected chi connectivity index (χ0v) is 21.5. The van der Waals surface area contributed by atoms with Crippen LogP contribution >= 0.6 is 0 Å². The number of carboxylic acid groups (broad SMARTS) is 4. The molecule has 0 saturated heterocycles. The SMILES string of the molecule is O=C([O-])C(O)C(O)C(=O)[O-].O=C([O-])C(O)C(O)C(=O)[O-].[Bi+3].[K+].[K+]. The molecule has 0 heterocycles. The first kappa shape index (κ1) is 35.9. The topological polar surface area (TPSA) is 241 Å². The standard InChI is InChI=1S/2C4H6O6.Bi.2K/c2*5-1(3(7)8)2(6)4(9)10;;;/h2*1-2,5-6H,(H,7,8)(H,9,10);;;/q;;+3;2*+1/p-4. The van der Waals surface area contributed by atoms with E-state index >= 15 is 0 Å². The molecule has 0 aromatic rings. The number of carboxylic acids is 4. The van der Waals surface area contributed by atoms with E-state index in [9.17, 15) is 39.6 Å². The molecule has 2 radical (unpaired) electrons. The third-order valence-electron chi connectivity index (χ3n) is 1.56. The van der Waals surface area contributed by atoms with Gasteiger partial charge in [-0.3, -0.25) is 0 Å². The van der Waals surface area contributed by atoms with Crippen molar-refractivity contribution in [2.75, 3.05) is 0 Å². The van der Waals surface area contributed by atoms with E-state index in [2.05, 4.69) is 0 Å². The third-order valence-corrected chi connectivity index (χ3v) is 1.56. The fourth-order valence-electron chi connectivity index (χ4n) is 0.516. The Hall–Kier alpha value is 1.88. The van der Waals surface area contributed by atoms with Crippen LogP contribution in [-0.4, -0.2) is 94.9 Å². The smallest absolute Gasteiger partial charge is 0.547 e. The average Bonchev–Trinajstić information content (AvgIpc) is 2.35. The van der Waals surface area contributed by atoms with Crippen LogP contribution in [0.15, 0.2) is 0 Å². The molecule has 0 aromatic carbocycles. The number of hydrogen-bond acceptors (Lipinski definition) is 12. The van der Waals surface area contributed by atoms with Crippen LogP contribution in [0.25, 0.3) is 0 Å². The van der Waals surface area contributed by atoms with Gasteiger partial charge in [-0.2, -0.15) is 0 Å². The second kappa shape index (κ2) is 18.7. The fourth-order valence-corrected chi connectivity index (χ4v) is 0.516. The molecule has 23 heavy (non-hydrogen) atoms. The van der Waals surface area contributed by atoms with Crippen molar-refractivity contribution in [3.05, 3.63) is 0 Å². The molecule has 0 saturated carbocycles. The summed E-state index contributed by atoms with van der Waals surface area (Å²) in [5.74, 6) is -8.23. The van der Waals surface area contributed by atoms with Gasteiger partial charge in [-0.15, -0.1) is 0 Å². The Morgan fingerprint density at radius 1 is 0.522 bits per heavy atom. The van der Waals surface area contributed by atoms with Gasteiger partial charge in [-0.05, 0) is 0 Å². The van der Waals surface area contributed by atoms with Crippen LogP contribution in [0.2, 0.25) is 0 Å². The molecule has 0 rings (SSSR count). The maximum atomic E-state index is 9.63. The molecular formula is C8H8BiK2O12+. The summed E-state index contributed by atoms with van der Waals surface area (Å²) in [5, 5.41) is 71.5. The van der Waals surface area contributed by atoms with Crippen molar-refractivity contribution < 1.29 is 163 Å². The second-order valence-corrected chi connectivity index (χ2v) is 3.06. The first-order valence-corrected chi connectivity index (χ1v) is 4.49. The predicted octanol–water partition coefficient (Wildman–Crippen LogP) is -16.0. The largest absolute Gasteiger partial charge is 3.00 e. The number of aliphatic hydroxyl groups is 4. The number of hydrogen-bond donors (Lipinski definition) is 4. The number of carbonyl (C=O) groups excluding carboxylic acids is 4. The second-order valence-electron chi connectivity index (χ2n) is 3.06. The number of aliphatic carboxylic acids is 4. The summed E-state index contributed by atoms with van der Waals surface area (Å²) in [6.45, 7) is 0. The molecule has 4 atom stereocenters. The summed E-state index contributed by atoms with van der Waals surface area (Å²) >= 11 is 0. The summed E-state index contributed by atoms with van der Waals surface area (Å²) in [4.78, 5) is 38.5. The van der Waals surface area contributed by atoms with Crippen molar-refractivity contribution in [2.24, 2.45) is 0 Å². The van der Waals surface area contributed by atoms with Crippen molar-refractivity contribution in [1.82, 2.24) is 0 Å². The summed E-state index contributed by atoms with van der Waals surface area (Å²) in [6, 6.07) is 0. The third kappa shape index (κ3) is 17.1. The van der Waals surface area contributed by atoms with Gasteiger partial charge in [0.2, 0.25) is 0 Å². The molecule has 0 spiro atoms. The first-order valence-electron chi connectivity index (χ1n) is 4.49. The Balaban J connectivity index is -0.0000000831. The van der Waals surface area contributed by atoms with Gasteiger partial charge in [0.05, 0.1) is 23.9 Å². The molecule has 0 bridgehead atoms. The molecule has 118 valence electrons. The van der Waals surface area contributed by atoms with Gasteiger partial charge in [0.15, 0.2) is 0 Å². The van der Waals surface area contributed by atoms with Gasteiger partial charge in [0.1, 0.15) is 24.4 Å². The Morgan fingerprint density at radius 3 is 0.652 bits per heavy atom. The molecule has 12 nitrogen and oxygen atoms in total. The number of carbonyl (C=O) groups is 4. The van der Waals surface area contributed by atoms with Gasteiger partial charge in [0, 0.05) is 0 Å². The van der Waals surface area contributed by atoms with Crippen molar-refractivity contribution in [3.63, 3.8) is 0 Å². The minimum atomic E-state index is -2.44. The van der Waals surface area contributed by atoms with Crippen molar-refractivity contribution in [1.29, 1.82) is 0 Å². The van der Waals surface area contributed by atoms with E-state index < -0.39 is 48.3 Å². The number of rotatable bonds is 6. The number of aliphatic hydroxyl groups excluding tert-OH is 4. The molecule has 0 aromatic heterocycles. The van der Waals surface area contributed by atoms with Crippen LogP contribution in [0.1, 0.15) is 0 Å². The summed E-state index contributed by atoms with van der Waals surface area (Å²) in [6.07, 6.45) is -9.76. The van der Waals surface area contributed by atoms with Gasteiger partial charge in [-0.25, -0.2) is 0 Å².